The van der Waals surface area contributed by atoms with Gasteiger partial charge in [0.1, 0.15) is 0 Å². The number of aromatic amines is 1. The minimum atomic E-state index is -0.356. The molecular formula is C15H11ClN6O. The molecule has 0 aliphatic carbocycles. The van der Waals surface area contributed by atoms with Gasteiger partial charge in [-0.05, 0) is 31.2 Å². The molecule has 7 nitrogen and oxygen atoms in total. The molecule has 0 spiro atoms. The van der Waals surface area contributed by atoms with Crippen molar-refractivity contribution >= 4 is 23.3 Å². The maximum absolute atomic E-state index is 12.0. The van der Waals surface area contributed by atoms with E-state index in [1.54, 1.807) is 36.5 Å². The minimum absolute atomic E-state index is 0.286. The van der Waals surface area contributed by atoms with Crippen LogP contribution in [0, 0.1) is 18.3 Å². The van der Waals surface area contributed by atoms with Crippen LogP contribution in [0.1, 0.15) is 21.7 Å². The van der Waals surface area contributed by atoms with E-state index in [1.165, 1.54) is 4.68 Å². The van der Waals surface area contributed by atoms with Crippen molar-refractivity contribution in [1.82, 2.24) is 20.0 Å². The smallest absolute Gasteiger partial charge is 0.277 e. The highest BCUT2D eigenvalue weighted by Crippen LogP contribution is 2.22. The number of carbonyl (C=O) groups excluding carboxylic acids is 1. The minimum Gasteiger partial charge on any atom is -0.304 e. The van der Waals surface area contributed by atoms with Gasteiger partial charge >= 0.3 is 0 Å². The van der Waals surface area contributed by atoms with Crippen molar-refractivity contribution in [2.75, 3.05) is 5.32 Å². The van der Waals surface area contributed by atoms with Crippen LogP contribution in [0.15, 0.2) is 36.5 Å². The van der Waals surface area contributed by atoms with Crippen LogP contribution in [0.25, 0.3) is 5.69 Å². The number of amides is 1. The van der Waals surface area contributed by atoms with Gasteiger partial charge in [-0.25, -0.2) is 4.68 Å². The molecule has 0 saturated carbocycles. The lowest BCUT2D eigenvalue weighted by atomic mass is 10.2. The first kappa shape index (κ1) is 14.8. The van der Waals surface area contributed by atoms with E-state index in [1.807, 2.05) is 13.0 Å². The van der Waals surface area contributed by atoms with Crippen LogP contribution >= 0.6 is 11.6 Å². The van der Waals surface area contributed by atoms with Gasteiger partial charge in [-0.2, -0.15) is 10.4 Å². The number of nitrogens with one attached hydrogen (secondary N) is 2. The molecule has 3 rings (SSSR count). The zero-order valence-electron chi connectivity index (χ0n) is 12.0. The summed E-state index contributed by atoms with van der Waals surface area (Å²) in [5.74, 6) is 0.0154. The largest absolute Gasteiger partial charge is 0.304 e. The highest BCUT2D eigenvalue weighted by atomic mass is 35.5. The maximum atomic E-state index is 12.0. The Labute approximate surface area is 136 Å². The molecule has 0 bridgehead atoms. The van der Waals surface area contributed by atoms with E-state index >= 15 is 0 Å². The van der Waals surface area contributed by atoms with E-state index in [2.05, 4.69) is 20.6 Å². The molecule has 0 unspecified atom stereocenters. The number of anilines is 1. The van der Waals surface area contributed by atoms with E-state index in [9.17, 15) is 4.79 Å². The van der Waals surface area contributed by atoms with Crippen molar-refractivity contribution in [3.8, 4) is 11.8 Å². The lowest BCUT2D eigenvalue weighted by molar-refractivity contribution is 0.102. The van der Waals surface area contributed by atoms with Crippen molar-refractivity contribution in [1.29, 1.82) is 5.26 Å². The van der Waals surface area contributed by atoms with Crippen molar-refractivity contribution in [2.45, 2.75) is 6.92 Å². The summed E-state index contributed by atoms with van der Waals surface area (Å²) >= 11 is 6.14. The highest BCUT2D eigenvalue weighted by molar-refractivity contribution is 6.32. The van der Waals surface area contributed by atoms with Crippen LogP contribution in [0.2, 0.25) is 5.02 Å². The Balaban J connectivity index is 1.81. The molecular weight excluding hydrogens is 316 g/mol. The van der Waals surface area contributed by atoms with Gasteiger partial charge in [-0.3, -0.25) is 9.89 Å². The average molecular weight is 327 g/mol. The van der Waals surface area contributed by atoms with Crippen molar-refractivity contribution < 1.29 is 4.79 Å². The monoisotopic (exact) mass is 326 g/mol. The predicted octanol–water partition coefficient (Wildman–Crippen LogP) is 2.68. The molecule has 0 saturated heterocycles. The van der Waals surface area contributed by atoms with Crippen LogP contribution in [0.5, 0.6) is 0 Å². The summed E-state index contributed by atoms with van der Waals surface area (Å²) < 4.78 is 1.52. The molecule has 114 valence electrons. The second-order valence-corrected chi connectivity index (χ2v) is 5.22. The number of aromatic nitrogens is 4. The number of carbonyl (C=O) groups is 1. The summed E-state index contributed by atoms with van der Waals surface area (Å²) in [7, 11) is 0. The van der Waals surface area contributed by atoms with E-state index in [-0.39, 0.29) is 11.6 Å². The van der Waals surface area contributed by atoms with Gasteiger partial charge in [0.05, 0.1) is 22.3 Å². The summed E-state index contributed by atoms with van der Waals surface area (Å²) in [5, 5.41) is 22.7. The van der Waals surface area contributed by atoms with Gasteiger partial charge in [0.25, 0.3) is 5.91 Å². The second kappa shape index (κ2) is 5.94. The first-order valence-corrected chi connectivity index (χ1v) is 7.03. The number of nitrogens with zero attached hydrogens (tertiary/aromatic N) is 4. The molecule has 0 radical (unpaired) electrons. The fourth-order valence-electron chi connectivity index (χ4n) is 2.00. The summed E-state index contributed by atoms with van der Waals surface area (Å²) in [6, 6.07) is 10.2. The molecule has 1 aromatic carbocycles. The quantitative estimate of drug-likeness (QED) is 0.772. The third-order valence-corrected chi connectivity index (χ3v) is 3.40. The average Bonchev–Trinajstić information content (AvgIpc) is 3.16. The lowest BCUT2D eigenvalue weighted by Crippen LogP contribution is -2.13. The van der Waals surface area contributed by atoms with E-state index in [0.717, 1.165) is 5.69 Å². The number of benzene rings is 1. The Morgan fingerprint density at radius 2 is 2.22 bits per heavy atom. The van der Waals surface area contributed by atoms with Gasteiger partial charge in [0.2, 0.25) is 0 Å². The molecule has 2 aromatic heterocycles. The number of aryl methyl sites for hydroxylation is 1. The Bertz CT molecular complexity index is 920. The van der Waals surface area contributed by atoms with E-state index < -0.39 is 0 Å². The second-order valence-electron chi connectivity index (χ2n) is 4.81. The molecule has 2 N–H and O–H groups in total. The van der Waals surface area contributed by atoms with Gasteiger partial charge in [0.15, 0.2) is 11.5 Å². The SMILES string of the molecule is Cc1cc(C(=O)Nc2ccn(-c3ccc(C#N)cc3Cl)n2)n[nH]1. The first-order chi connectivity index (χ1) is 11.1. The number of halogens is 1. The van der Waals surface area contributed by atoms with Crippen molar-refractivity contribution in [3.05, 3.63) is 58.5 Å². The maximum Gasteiger partial charge on any atom is 0.277 e. The summed E-state index contributed by atoms with van der Waals surface area (Å²) in [4.78, 5) is 12.0. The Morgan fingerprint density at radius 1 is 1.39 bits per heavy atom. The third-order valence-electron chi connectivity index (χ3n) is 3.09. The van der Waals surface area contributed by atoms with Crippen LogP contribution in [-0.2, 0) is 0 Å². The van der Waals surface area contributed by atoms with Gasteiger partial charge in [0, 0.05) is 18.0 Å². The number of nitriles is 1. The molecule has 2 heterocycles. The Hall–Kier alpha value is -3.11. The predicted molar refractivity (Wildman–Crippen MR) is 84.6 cm³/mol. The van der Waals surface area contributed by atoms with E-state index in [0.29, 0.717) is 22.1 Å². The van der Waals surface area contributed by atoms with Crippen LogP contribution < -0.4 is 5.32 Å². The fraction of sp³-hybridized carbons (Fsp3) is 0.0667. The summed E-state index contributed by atoms with van der Waals surface area (Å²) in [6.45, 7) is 1.81. The third kappa shape index (κ3) is 3.07. The lowest BCUT2D eigenvalue weighted by Gasteiger charge is -2.04. The molecule has 0 fully saturated rings. The standard InChI is InChI=1S/C15H11ClN6O/c1-9-6-12(20-19-9)15(23)18-14-4-5-22(21-14)13-3-2-10(8-17)7-11(13)16/h2-7H,1H3,(H,19,20)(H,18,21,23). The van der Waals surface area contributed by atoms with Crippen LogP contribution in [-0.4, -0.2) is 25.9 Å². The first-order valence-electron chi connectivity index (χ1n) is 6.66. The number of H-pyrrole nitrogens is 1. The van der Waals surface area contributed by atoms with Crippen LogP contribution in [0.3, 0.4) is 0 Å². The topological polar surface area (TPSA) is 99.4 Å². The van der Waals surface area contributed by atoms with Gasteiger partial charge in [-0.1, -0.05) is 11.6 Å². The van der Waals surface area contributed by atoms with Gasteiger partial charge < -0.3 is 5.32 Å². The van der Waals surface area contributed by atoms with E-state index in [4.69, 9.17) is 16.9 Å². The highest BCUT2D eigenvalue weighted by Gasteiger charge is 2.12. The van der Waals surface area contributed by atoms with Gasteiger partial charge in [-0.15, -0.1) is 5.10 Å². The number of hydrogen-bond donors (Lipinski definition) is 2. The Morgan fingerprint density at radius 3 is 2.87 bits per heavy atom. The summed E-state index contributed by atoms with van der Waals surface area (Å²) in [5.41, 5.74) is 2.16. The zero-order chi connectivity index (χ0) is 16.4. The Kier molecular flexibility index (Phi) is 3.83. The van der Waals surface area contributed by atoms with Crippen LogP contribution in [0.4, 0.5) is 5.82 Å². The molecule has 3 aromatic rings. The molecule has 8 heteroatoms. The molecule has 1 amide bonds. The zero-order valence-corrected chi connectivity index (χ0v) is 12.8. The van der Waals surface area contributed by atoms with Crippen molar-refractivity contribution in [2.24, 2.45) is 0 Å². The number of hydrogen-bond acceptors (Lipinski definition) is 4. The summed E-state index contributed by atoms with van der Waals surface area (Å²) in [6.07, 6.45) is 1.67. The number of rotatable bonds is 3. The fourth-order valence-corrected chi connectivity index (χ4v) is 2.27. The van der Waals surface area contributed by atoms with Crippen molar-refractivity contribution in [3.63, 3.8) is 0 Å². The molecule has 0 aliphatic rings. The molecule has 23 heavy (non-hydrogen) atoms. The molecule has 0 atom stereocenters. The molecule has 0 aliphatic heterocycles. The normalized spacial score (nSPS) is 10.3.